The van der Waals surface area contributed by atoms with Crippen molar-refractivity contribution in [3.8, 4) is 0 Å². The molecule has 2 unspecified atom stereocenters. The molecule has 0 aliphatic carbocycles. The van der Waals surface area contributed by atoms with Crippen LogP contribution in [-0.4, -0.2) is 77.3 Å². The Morgan fingerprint density at radius 3 is 2.84 bits per heavy atom. The third-order valence-electron chi connectivity index (χ3n) is 6.44. The molecule has 2 aromatic heterocycles. The highest BCUT2D eigenvalue weighted by Crippen LogP contribution is 2.21. The van der Waals surface area contributed by atoms with Crippen molar-refractivity contribution in [1.29, 1.82) is 0 Å². The van der Waals surface area contributed by atoms with Crippen molar-refractivity contribution >= 4 is 29.3 Å². The van der Waals surface area contributed by atoms with E-state index in [0.717, 1.165) is 69.1 Å². The zero-order chi connectivity index (χ0) is 26.8. The molecule has 0 spiro atoms. The van der Waals surface area contributed by atoms with E-state index >= 15 is 0 Å². The molecule has 9 nitrogen and oxygen atoms in total. The number of aryl methyl sites for hydroxylation is 2. The average Bonchev–Trinajstić information content (AvgIpc) is 2.88. The average molecular weight is 536 g/mol. The number of aliphatic carboxylic acids is 1. The molecule has 0 bridgehead atoms. The van der Waals surface area contributed by atoms with Gasteiger partial charge < -0.3 is 25.4 Å². The number of unbranched alkanes of at least 4 members (excludes halogenated alkanes) is 1. The van der Waals surface area contributed by atoms with E-state index < -0.39 is 29.3 Å². The topological polar surface area (TPSA) is 117 Å². The summed E-state index contributed by atoms with van der Waals surface area (Å²) in [7, 11) is 1.63. The van der Waals surface area contributed by atoms with E-state index in [2.05, 4.69) is 32.7 Å². The van der Waals surface area contributed by atoms with E-state index in [-0.39, 0.29) is 17.5 Å². The number of amides is 1. The Balaban J connectivity index is 1.53. The molecule has 2 atom stereocenters. The van der Waals surface area contributed by atoms with Crippen LogP contribution in [0.5, 0.6) is 0 Å². The largest absolute Gasteiger partial charge is 0.480 e. The van der Waals surface area contributed by atoms with Crippen LogP contribution in [0.4, 0.5) is 10.2 Å². The number of nitrogens with zero attached hydrogens (tertiary/aromatic N) is 3. The minimum absolute atomic E-state index is 0.0454. The van der Waals surface area contributed by atoms with Crippen molar-refractivity contribution in [3.63, 3.8) is 0 Å². The molecule has 0 fully saturated rings. The molecular weight excluding hydrogens is 501 g/mol. The van der Waals surface area contributed by atoms with E-state index in [1.165, 1.54) is 5.56 Å². The van der Waals surface area contributed by atoms with Gasteiger partial charge in [0.15, 0.2) is 5.82 Å². The smallest absolute Gasteiger partial charge is 0.326 e. The molecular formula is C26H35ClFN5O4. The van der Waals surface area contributed by atoms with Crippen molar-refractivity contribution in [3.05, 3.63) is 52.2 Å². The number of carbonyl (C=O) groups excluding carboxylic acids is 1. The maximum atomic E-state index is 14.0. The molecule has 202 valence electrons. The molecule has 0 radical (unpaired) electrons. The van der Waals surface area contributed by atoms with Gasteiger partial charge in [0.25, 0.3) is 5.91 Å². The predicted octanol–water partition coefficient (Wildman–Crippen LogP) is 3.56. The second-order valence-corrected chi connectivity index (χ2v) is 9.68. The normalized spacial score (nSPS) is 14.5. The lowest BCUT2D eigenvalue weighted by molar-refractivity contribution is -0.139. The van der Waals surface area contributed by atoms with Crippen LogP contribution in [0.1, 0.15) is 54.2 Å². The first kappa shape index (κ1) is 28.7. The lowest BCUT2D eigenvalue weighted by Crippen LogP contribution is -2.44. The number of carboxylic acid groups (broad SMARTS) is 1. The first-order valence-electron chi connectivity index (χ1n) is 12.6. The Kier molecular flexibility index (Phi) is 11.0. The van der Waals surface area contributed by atoms with Crippen LogP contribution in [0.15, 0.2) is 24.5 Å². The number of carboxylic acids is 1. The molecule has 37 heavy (non-hydrogen) atoms. The van der Waals surface area contributed by atoms with Crippen LogP contribution >= 0.6 is 11.6 Å². The summed E-state index contributed by atoms with van der Waals surface area (Å²) in [6.45, 7) is 4.67. The van der Waals surface area contributed by atoms with Crippen LogP contribution in [0, 0.1) is 5.82 Å². The number of pyridine rings is 2. The number of rotatable bonds is 14. The lowest BCUT2D eigenvalue weighted by Gasteiger charge is -2.26. The van der Waals surface area contributed by atoms with Gasteiger partial charge in [-0.05, 0) is 63.6 Å². The van der Waals surface area contributed by atoms with Gasteiger partial charge in [-0.1, -0.05) is 17.7 Å². The van der Waals surface area contributed by atoms with Gasteiger partial charge >= 0.3 is 5.97 Å². The molecule has 3 N–H and O–H groups in total. The molecule has 0 saturated carbocycles. The van der Waals surface area contributed by atoms with Gasteiger partial charge in [-0.15, -0.1) is 0 Å². The second kappa shape index (κ2) is 14.2. The number of hydrogen-bond donors (Lipinski definition) is 3. The SMILES string of the molecule is COC(C)CN(CCCCc1ccc2c(n1)NCCC2)CCC(NC(=O)c1c(F)cncc1Cl)C(=O)O. The fraction of sp³-hybridized carbons (Fsp3) is 0.538. The molecule has 0 aromatic carbocycles. The third kappa shape index (κ3) is 8.62. The summed E-state index contributed by atoms with van der Waals surface area (Å²) < 4.78 is 19.4. The highest BCUT2D eigenvalue weighted by molar-refractivity contribution is 6.33. The van der Waals surface area contributed by atoms with E-state index in [9.17, 15) is 19.1 Å². The quantitative estimate of drug-likeness (QED) is 0.314. The number of ether oxygens (including phenoxy) is 1. The van der Waals surface area contributed by atoms with Gasteiger partial charge in [0, 0.05) is 38.6 Å². The maximum Gasteiger partial charge on any atom is 0.326 e. The monoisotopic (exact) mass is 535 g/mol. The van der Waals surface area contributed by atoms with Gasteiger partial charge in [-0.25, -0.2) is 14.2 Å². The standard InChI is InChI=1S/C26H35ClFN5O4/c1-17(37-2)16-33(12-4-3-7-19-9-8-18-6-5-11-30-24(18)31-19)13-10-22(26(35)36)32-25(34)23-20(27)14-29-15-21(23)28/h8-9,14-15,17,22H,3-7,10-13,16H2,1-2H3,(H,30,31)(H,32,34)(H,35,36). The van der Waals surface area contributed by atoms with Crippen LogP contribution in [0.2, 0.25) is 5.02 Å². The molecule has 2 aromatic rings. The number of nitrogens with one attached hydrogen (secondary N) is 2. The van der Waals surface area contributed by atoms with Crippen LogP contribution < -0.4 is 10.6 Å². The lowest BCUT2D eigenvalue weighted by atomic mass is 10.1. The molecule has 1 aliphatic rings. The number of halogens is 2. The Morgan fingerprint density at radius 1 is 1.30 bits per heavy atom. The zero-order valence-corrected chi connectivity index (χ0v) is 22.1. The summed E-state index contributed by atoms with van der Waals surface area (Å²) >= 11 is 5.90. The van der Waals surface area contributed by atoms with Crippen LogP contribution in [0.3, 0.4) is 0 Å². The van der Waals surface area contributed by atoms with Gasteiger partial charge in [-0.3, -0.25) is 9.78 Å². The summed E-state index contributed by atoms with van der Waals surface area (Å²) in [5, 5.41) is 15.2. The van der Waals surface area contributed by atoms with Gasteiger partial charge in [0.2, 0.25) is 0 Å². The van der Waals surface area contributed by atoms with Crippen molar-refractivity contribution in [1.82, 2.24) is 20.2 Å². The Bertz CT molecular complexity index is 1050. The number of carbonyl (C=O) groups is 2. The molecule has 1 aliphatic heterocycles. The summed E-state index contributed by atoms with van der Waals surface area (Å²) in [4.78, 5) is 34.8. The van der Waals surface area contributed by atoms with Gasteiger partial charge in [0.05, 0.1) is 22.9 Å². The summed E-state index contributed by atoms with van der Waals surface area (Å²) in [5.41, 5.74) is 1.91. The fourth-order valence-corrected chi connectivity index (χ4v) is 4.54. The van der Waals surface area contributed by atoms with Crippen molar-refractivity contribution < 1.29 is 23.8 Å². The zero-order valence-electron chi connectivity index (χ0n) is 21.3. The number of hydrogen-bond acceptors (Lipinski definition) is 7. The molecule has 11 heteroatoms. The Labute approximate surface area is 221 Å². The van der Waals surface area contributed by atoms with E-state index in [1.54, 1.807) is 7.11 Å². The van der Waals surface area contributed by atoms with Crippen molar-refractivity contribution in [2.45, 2.75) is 57.6 Å². The summed E-state index contributed by atoms with van der Waals surface area (Å²) in [5.74, 6) is -2.00. The number of fused-ring (bicyclic) bond motifs is 1. The maximum absolute atomic E-state index is 14.0. The Morgan fingerprint density at radius 2 is 2.11 bits per heavy atom. The fourth-order valence-electron chi connectivity index (χ4n) is 4.31. The minimum atomic E-state index is -1.20. The summed E-state index contributed by atoms with van der Waals surface area (Å²) in [6, 6.07) is 3.04. The first-order valence-corrected chi connectivity index (χ1v) is 13.0. The van der Waals surface area contributed by atoms with Crippen LogP contribution in [-0.2, 0) is 22.4 Å². The van der Waals surface area contributed by atoms with E-state index in [0.29, 0.717) is 13.1 Å². The molecule has 3 heterocycles. The second-order valence-electron chi connectivity index (χ2n) is 9.28. The van der Waals surface area contributed by atoms with Crippen LogP contribution in [0.25, 0.3) is 0 Å². The molecule has 0 saturated heterocycles. The highest BCUT2D eigenvalue weighted by Gasteiger charge is 2.25. The van der Waals surface area contributed by atoms with Crippen molar-refractivity contribution in [2.75, 3.05) is 38.6 Å². The number of aromatic nitrogens is 2. The van der Waals surface area contributed by atoms with Gasteiger partial charge in [0.1, 0.15) is 11.9 Å². The van der Waals surface area contributed by atoms with Crippen molar-refractivity contribution in [2.24, 2.45) is 0 Å². The minimum Gasteiger partial charge on any atom is -0.480 e. The molecule has 1 amide bonds. The number of methoxy groups -OCH3 is 1. The first-order chi connectivity index (χ1) is 17.8. The van der Waals surface area contributed by atoms with Gasteiger partial charge in [-0.2, -0.15) is 0 Å². The highest BCUT2D eigenvalue weighted by atomic mass is 35.5. The van der Waals surface area contributed by atoms with E-state index in [1.807, 2.05) is 6.92 Å². The predicted molar refractivity (Wildman–Crippen MR) is 140 cm³/mol. The molecule has 3 rings (SSSR count). The van der Waals surface area contributed by atoms with E-state index in [4.69, 9.17) is 21.3 Å². The summed E-state index contributed by atoms with van der Waals surface area (Å²) in [6.07, 6.45) is 6.97. The third-order valence-corrected chi connectivity index (χ3v) is 6.73. The number of anilines is 1. The Hall–Kier alpha value is -2.82.